The van der Waals surface area contributed by atoms with E-state index in [-0.39, 0.29) is 0 Å². The number of thioether (sulfide) groups is 2. The van der Waals surface area contributed by atoms with Crippen molar-refractivity contribution >= 4 is 29.3 Å². The van der Waals surface area contributed by atoms with Crippen molar-refractivity contribution < 1.29 is 4.79 Å². The molecule has 1 saturated carbocycles. The zero-order valence-corrected chi connectivity index (χ0v) is 9.46. The molecule has 2 rings (SSSR count). The van der Waals surface area contributed by atoms with Gasteiger partial charge < -0.3 is 0 Å². The van der Waals surface area contributed by atoms with Crippen LogP contribution in [0.3, 0.4) is 0 Å². The Bertz CT molecular complexity index is 187. The second-order valence-electron chi connectivity index (χ2n) is 3.86. The van der Waals surface area contributed by atoms with Crippen molar-refractivity contribution in [2.75, 3.05) is 11.5 Å². The standard InChI is InChI=1S/C10H16OS2/c11-9-4-1-3-8(7-9)10-12-5-2-6-13-10/h8,10H,1-7H2/t8-/m0/s1. The first-order chi connectivity index (χ1) is 6.36. The van der Waals surface area contributed by atoms with Gasteiger partial charge in [0.2, 0.25) is 0 Å². The minimum Gasteiger partial charge on any atom is -0.300 e. The number of ketones is 1. The van der Waals surface area contributed by atoms with Crippen LogP contribution in [0.5, 0.6) is 0 Å². The summed E-state index contributed by atoms with van der Waals surface area (Å²) in [6, 6.07) is 0. The van der Waals surface area contributed by atoms with Gasteiger partial charge in [0.05, 0.1) is 4.58 Å². The van der Waals surface area contributed by atoms with Crippen molar-refractivity contribution in [1.29, 1.82) is 0 Å². The van der Waals surface area contributed by atoms with E-state index >= 15 is 0 Å². The summed E-state index contributed by atoms with van der Waals surface area (Å²) in [5, 5.41) is 0. The third-order valence-electron chi connectivity index (χ3n) is 2.76. The van der Waals surface area contributed by atoms with Gasteiger partial charge in [-0.2, -0.15) is 0 Å². The molecule has 0 spiro atoms. The highest BCUT2D eigenvalue weighted by Gasteiger charge is 2.29. The summed E-state index contributed by atoms with van der Waals surface area (Å²) in [7, 11) is 0. The van der Waals surface area contributed by atoms with Crippen LogP contribution in [0.15, 0.2) is 0 Å². The molecule has 1 saturated heterocycles. The topological polar surface area (TPSA) is 17.1 Å². The molecule has 1 atom stereocenters. The van der Waals surface area contributed by atoms with E-state index < -0.39 is 0 Å². The summed E-state index contributed by atoms with van der Waals surface area (Å²) in [5.41, 5.74) is 0. The monoisotopic (exact) mass is 216 g/mol. The van der Waals surface area contributed by atoms with E-state index in [2.05, 4.69) is 23.5 Å². The van der Waals surface area contributed by atoms with E-state index in [9.17, 15) is 4.79 Å². The molecule has 3 heteroatoms. The molecular formula is C10H16OS2. The second kappa shape index (κ2) is 4.74. The maximum Gasteiger partial charge on any atom is 0.133 e. The highest BCUT2D eigenvalue weighted by Crippen LogP contribution is 2.41. The van der Waals surface area contributed by atoms with Crippen LogP contribution in [0.4, 0.5) is 0 Å². The Morgan fingerprint density at radius 2 is 1.92 bits per heavy atom. The van der Waals surface area contributed by atoms with E-state index in [1.165, 1.54) is 24.3 Å². The van der Waals surface area contributed by atoms with Gasteiger partial charge in [-0.1, -0.05) is 0 Å². The molecule has 0 amide bonds. The Hall–Kier alpha value is 0.370. The van der Waals surface area contributed by atoms with Gasteiger partial charge in [0.15, 0.2) is 0 Å². The van der Waals surface area contributed by atoms with Crippen LogP contribution in [0, 0.1) is 5.92 Å². The Kier molecular flexibility index (Phi) is 3.61. The van der Waals surface area contributed by atoms with Gasteiger partial charge in [-0.05, 0) is 36.7 Å². The summed E-state index contributed by atoms with van der Waals surface area (Å²) in [5.74, 6) is 3.81. The molecule has 0 aromatic carbocycles. The summed E-state index contributed by atoms with van der Waals surface area (Å²) in [4.78, 5) is 11.3. The smallest absolute Gasteiger partial charge is 0.133 e. The fourth-order valence-electron chi connectivity index (χ4n) is 2.07. The summed E-state index contributed by atoms with van der Waals surface area (Å²) in [6.45, 7) is 0. The molecule has 13 heavy (non-hydrogen) atoms. The molecule has 74 valence electrons. The Morgan fingerprint density at radius 1 is 1.15 bits per heavy atom. The minimum atomic E-state index is 0.503. The van der Waals surface area contributed by atoms with Crippen LogP contribution in [-0.4, -0.2) is 21.9 Å². The average molecular weight is 216 g/mol. The third kappa shape index (κ3) is 2.66. The number of hydrogen-bond acceptors (Lipinski definition) is 3. The first-order valence-electron chi connectivity index (χ1n) is 5.11. The predicted octanol–water partition coefficient (Wildman–Crippen LogP) is 2.94. The van der Waals surface area contributed by atoms with Crippen molar-refractivity contribution in [3.05, 3.63) is 0 Å². The van der Waals surface area contributed by atoms with Crippen LogP contribution >= 0.6 is 23.5 Å². The molecular weight excluding hydrogens is 200 g/mol. The first kappa shape index (κ1) is 9.91. The molecule has 1 aliphatic carbocycles. The van der Waals surface area contributed by atoms with Crippen LogP contribution in [0.2, 0.25) is 0 Å². The number of carbonyl (C=O) groups excluding carboxylic acids is 1. The Labute approximate surface area is 88.4 Å². The fraction of sp³-hybridized carbons (Fsp3) is 0.900. The van der Waals surface area contributed by atoms with Crippen LogP contribution < -0.4 is 0 Å². The van der Waals surface area contributed by atoms with E-state index in [1.54, 1.807) is 0 Å². The molecule has 1 aliphatic heterocycles. The fourth-order valence-corrected chi connectivity index (χ4v) is 5.31. The lowest BCUT2D eigenvalue weighted by molar-refractivity contribution is -0.121. The van der Waals surface area contributed by atoms with Gasteiger partial charge in [0.1, 0.15) is 5.78 Å². The zero-order chi connectivity index (χ0) is 9.10. The lowest BCUT2D eigenvalue weighted by Gasteiger charge is -2.31. The highest BCUT2D eigenvalue weighted by molar-refractivity contribution is 8.17. The normalized spacial score (nSPS) is 32.0. The van der Waals surface area contributed by atoms with Gasteiger partial charge in [-0.3, -0.25) is 4.79 Å². The van der Waals surface area contributed by atoms with Gasteiger partial charge in [0, 0.05) is 12.8 Å². The quantitative estimate of drug-likeness (QED) is 0.671. The first-order valence-corrected chi connectivity index (χ1v) is 7.21. The molecule has 0 radical (unpaired) electrons. The summed E-state index contributed by atoms with van der Waals surface area (Å²) < 4.78 is 0.734. The Balaban J connectivity index is 1.87. The van der Waals surface area contributed by atoms with Crippen LogP contribution in [0.25, 0.3) is 0 Å². The zero-order valence-electron chi connectivity index (χ0n) is 7.83. The number of rotatable bonds is 1. The van der Waals surface area contributed by atoms with Crippen molar-refractivity contribution in [2.45, 2.75) is 36.7 Å². The number of carbonyl (C=O) groups is 1. The lowest BCUT2D eigenvalue weighted by Crippen LogP contribution is -2.24. The van der Waals surface area contributed by atoms with E-state index in [0.717, 1.165) is 23.8 Å². The molecule has 0 unspecified atom stereocenters. The maximum atomic E-state index is 11.3. The van der Waals surface area contributed by atoms with Crippen molar-refractivity contribution in [1.82, 2.24) is 0 Å². The molecule has 0 N–H and O–H groups in total. The molecule has 2 fully saturated rings. The van der Waals surface area contributed by atoms with Crippen molar-refractivity contribution in [3.63, 3.8) is 0 Å². The SMILES string of the molecule is O=C1CCC[C@H](C2SCCCS2)C1. The van der Waals surface area contributed by atoms with E-state index in [1.807, 2.05) is 0 Å². The summed E-state index contributed by atoms with van der Waals surface area (Å²) >= 11 is 4.16. The van der Waals surface area contributed by atoms with Gasteiger partial charge >= 0.3 is 0 Å². The largest absolute Gasteiger partial charge is 0.300 e. The Morgan fingerprint density at radius 3 is 2.62 bits per heavy atom. The predicted molar refractivity (Wildman–Crippen MR) is 60.3 cm³/mol. The number of hydrogen-bond donors (Lipinski definition) is 0. The molecule has 0 bridgehead atoms. The van der Waals surface area contributed by atoms with Gasteiger partial charge in [-0.25, -0.2) is 0 Å². The molecule has 1 heterocycles. The van der Waals surface area contributed by atoms with Crippen molar-refractivity contribution in [3.8, 4) is 0 Å². The van der Waals surface area contributed by atoms with Gasteiger partial charge in [0.25, 0.3) is 0 Å². The maximum absolute atomic E-state index is 11.3. The van der Waals surface area contributed by atoms with Crippen molar-refractivity contribution in [2.24, 2.45) is 5.92 Å². The molecule has 1 nitrogen and oxygen atoms in total. The highest BCUT2D eigenvalue weighted by atomic mass is 32.2. The van der Waals surface area contributed by atoms with Crippen LogP contribution in [0.1, 0.15) is 32.1 Å². The third-order valence-corrected chi connectivity index (χ3v) is 6.05. The van der Waals surface area contributed by atoms with Crippen LogP contribution in [-0.2, 0) is 4.79 Å². The van der Waals surface area contributed by atoms with E-state index in [0.29, 0.717) is 11.7 Å². The van der Waals surface area contributed by atoms with Gasteiger partial charge in [-0.15, -0.1) is 23.5 Å². The van der Waals surface area contributed by atoms with E-state index in [4.69, 9.17) is 0 Å². The minimum absolute atomic E-state index is 0.503. The molecule has 0 aromatic rings. The summed E-state index contributed by atoms with van der Waals surface area (Å²) in [6.07, 6.45) is 5.49. The lowest BCUT2D eigenvalue weighted by atomic mass is 9.90. The molecule has 0 aromatic heterocycles. The number of Topliss-reactive ketones (excluding diaryl/α,β-unsaturated/α-hetero) is 1. The second-order valence-corrected chi connectivity index (χ2v) is 6.66. The molecule has 2 aliphatic rings. The average Bonchev–Trinajstić information content (AvgIpc) is 2.19.